The van der Waals surface area contributed by atoms with Gasteiger partial charge in [0.2, 0.25) is 11.8 Å². The summed E-state index contributed by atoms with van der Waals surface area (Å²) in [7, 11) is 0. The minimum absolute atomic E-state index is 0.0112. The summed E-state index contributed by atoms with van der Waals surface area (Å²) < 4.78 is 5.24. The van der Waals surface area contributed by atoms with Crippen molar-refractivity contribution >= 4 is 29.4 Å². The first-order valence-electron chi connectivity index (χ1n) is 9.52. The molecule has 0 saturated carbocycles. The number of rotatable bonds is 7. The highest BCUT2D eigenvalue weighted by Crippen LogP contribution is 2.39. The van der Waals surface area contributed by atoms with Crippen LogP contribution in [0.25, 0.3) is 0 Å². The van der Waals surface area contributed by atoms with Crippen molar-refractivity contribution in [1.82, 2.24) is 10.2 Å². The predicted octanol–water partition coefficient (Wildman–Crippen LogP) is 3.41. The number of amides is 2. The zero-order valence-corrected chi connectivity index (χ0v) is 17.5. The molecule has 2 atom stereocenters. The molecule has 1 heterocycles. The monoisotopic (exact) mass is 406 g/mol. The molecule has 0 radical (unpaired) electrons. The van der Waals surface area contributed by atoms with Crippen LogP contribution in [-0.4, -0.2) is 41.9 Å². The fourth-order valence-electron chi connectivity index (χ4n) is 3.27. The maximum Gasteiger partial charge on any atom is 0.336 e. The Morgan fingerprint density at radius 1 is 1.32 bits per heavy atom. The molecule has 28 heavy (non-hydrogen) atoms. The van der Waals surface area contributed by atoms with Gasteiger partial charge in [0, 0.05) is 29.1 Å². The zero-order valence-electron chi connectivity index (χ0n) is 16.8. The van der Waals surface area contributed by atoms with Crippen molar-refractivity contribution in [2.24, 2.45) is 0 Å². The van der Waals surface area contributed by atoms with Crippen LogP contribution in [0.4, 0.5) is 0 Å². The minimum Gasteiger partial charge on any atom is -0.463 e. The Morgan fingerprint density at radius 3 is 2.61 bits per heavy atom. The molecule has 0 aromatic heterocycles. The van der Waals surface area contributed by atoms with Gasteiger partial charge >= 0.3 is 5.97 Å². The molecule has 0 saturated heterocycles. The van der Waals surface area contributed by atoms with Crippen molar-refractivity contribution in [2.45, 2.75) is 52.5 Å². The number of benzene rings is 1. The number of carbonyl (C=O) groups excluding carboxylic acids is 3. The lowest BCUT2D eigenvalue weighted by Gasteiger charge is -2.34. The molecule has 1 N–H and O–H groups in total. The van der Waals surface area contributed by atoms with E-state index >= 15 is 0 Å². The standard InChI is InChI=1S/C21H27ClN2O4/c1-5-13(3)23-18(25)12-24-14(4)20(21(27)28-6-2)16(11-19(24)26)15-9-7-8-10-17(15)22/h7-10,13,16H,5-6,11-12H2,1-4H3,(H,23,25). The predicted molar refractivity (Wildman–Crippen MR) is 108 cm³/mol. The highest BCUT2D eigenvalue weighted by atomic mass is 35.5. The average Bonchev–Trinajstić information content (AvgIpc) is 2.65. The second kappa shape index (κ2) is 9.73. The number of ether oxygens (including phenoxy) is 1. The average molecular weight is 407 g/mol. The van der Waals surface area contributed by atoms with Crippen LogP contribution in [0.5, 0.6) is 0 Å². The molecule has 2 unspecified atom stereocenters. The summed E-state index contributed by atoms with van der Waals surface area (Å²) >= 11 is 6.33. The number of allylic oxidation sites excluding steroid dienone is 1. The highest BCUT2D eigenvalue weighted by molar-refractivity contribution is 6.31. The van der Waals surface area contributed by atoms with Crippen molar-refractivity contribution in [2.75, 3.05) is 13.2 Å². The van der Waals surface area contributed by atoms with E-state index in [1.165, 1.54) is 4.90 Å². The smallest absolute Gasteiger partial charge is 0.336 e. The minimum atomic E-state index is -0.505. The lowest BCUT2D eigenvalue weighted by Crippen LogP contribution is -2.45. The topological polar surface area (TPSA) is 75.7 Å². The van der Waals surface area contributed by atoms with Crippen molar-refractivity contribution in [3.8, 4) is 0 Å². The maximum absolute atomic E-state index is 12.8. The normalized spacial score (nSPS) is 18.1. The van der Waals surface area contributed by atoms with Crippen LogP contribution in [0.3, 0.4) is 0 Å². The van der Waals surface area contributed by atoms with Gasteiger partial charge in [-0.2, -0.15) is 0 Å². The molecule has 2 rings (SSSR count). The molecule has 6 nitrogen and oxygen atoms in total. The molecule has 1 aliphatic rings. The summed E-state index contributed by atoms with van der Waals surface area (Å²) in [5.74, 6) is -1.49. The van der Waals surface area contributed by atoms with Crippen LogP contribution in [0, 0.1) is 0 Å². The second-order valence-electron chi connectivity index (χ2n) is 6.85. The number of hydrogen-bond donors (Lipinski definition) is 1. The van der Waals surface area contributed by atoms with Gasteiger partial charge in [0.25, 0.3) is 0 Å². The van der Waals surface area contributed by atoms with Crippen molar-refractivity contribution in [1.29, 1.82) is 0 Å². The van der Waals surface area contributed by atoms with E-state index in [2.05, 4.69) is 5.32 Å². The number of carbonyl (C=O) groups is 3. The lowest BCUT2D eigenvalue weighted by atomic mass is 9.83. The lowest BCUT2D eigenvalue weighted by molar-refractivity contribution is -0.141. The first-order chi connectivity index (χ1) is 13.3. The molecule has 0 spiro atoms. The number of esters is 1. The highest BCUT2D eigenvalue weighted by Gasteiger charge is 2.38. The largest absolute Gasteiger partial charge is 0.463 e. The summed E-state index contributed by atoms with van der Waals surface area (Å²) in [6.45, 7) is 7.35. The van der Waals surface area contributed by atoms with E-state index in [9.17, 15) is 14.4 Å². The van der Waals surface area contributed by atoms with Gasteiger partial charge in [-0.1, -0.05) is 36.7 Å². The molecule has 7 heteroatoms. The number of nitrogens with zero attached hydrogens (tertiary/aromatic N) is 1. The van der Waals surface area contributed by atoms with E-state index in [1.807, 2.05) is 19.9 Å². The molecule has 1 aromatic carbocycles. The molecule has 0 bridgehead atoms. The van der Waals surface area contributed by atoms with Crippen LogP contribution in [0.15, 0.2) is 35.5 Å². The van der Waals surface area contributed by atoms with Crippen molar-refractivity contribution in [3.05, 3.63) is 46.1 Å². The van der Waals surface area contributed by atoms with Gasteiger partial charge in [-0.3, -0.25) is 9.59 Å². The Morgan fingerprint density at radius 2 is 2.00 bits per heavy atom. The number of halogens is 1. The Balaban J connectivity index is 2.42. The summed E-state index contributed by atoms with van der Waals surface area (Å²) in [6, 6.07) is 7.15. The van der Waals surface area contributed by atoms with Crippen molar-refractivity contribution in [3.63, 3.8) is 0 Å². The molecule has 0 fully saturated rings. The van der Waals surface area contributed by atoms with Crippen LogP contribution >= 0.6 is 11.6 Å². The SMILES string of the molecule is CCOC(=O)C1=C(C)N(CC(=O)NC(C)CC)C(=O)CC1c1ccccc1Cl. The van der Waals surface area contributed by atoms with Crippen LogP contribution in [0.2, 0.25) is 5.02 Å². The van der Waals surface area contributed by atoms with E-state index in [0.29, 0.717) is 21.9 Å². The summed E-state index contributed by atoms with van der Waals surface area (Å²) in [6.07, 6.45) is 0.836. The molecular formula is C21H27ClN2O4. The van der Waals surface area contributed by atoms with Gasteiger partial charge in [0.1, 0.15) is 6.54 Å². The Bertz CT molecular complexity index is 790. The molecular weight excluding hydrogens is 380 g/mol. The fourth-order valence-corrected chi connectivity index (χ4v) is 3.53. The third-order valence-electron chi connectivity index (χ3n) is 4.92. The molecule has 1 aliphatic heterocycles. The molecule has 152 valence electrons. The first kappa shape index (κ1) is 22.0. The van der Waals surface area contributed by atoms with Gasteiger partial charge in [0.15, 0.2) is 0 Å². The summed E-state index contributed by atoms with van der Waals surface area (Å²) in [5.41, 5.74) is 1.49. The van der Waals surface area contributed by atoms with Gasteiger partial charge in [-0.05, 0) is 38.8 Å². The van der Waals surface area contributed by atoms with Crippen LogP contribution in [-0.2, 0) is 19.1 Å². The van der Waals surface area contributed by atoms with Crippen molar-refractivity contribution < 1.29 is 19.1 Å². The summed E-state index contributed by atoms with van der Waals surface area (Å²) in [4.78, 5) is 39.2. The fraction of sp³-hybridized carbons (Fsp3) is 0.476. The third-order valence-corrected chi connectivity index (χ3v) is 5.26. The zero-order chi connectivity index (χ0) is 20.8. The first-order valence-corrected chi connectivity index (χ1v) is 9.89. The third kappa shape index (κ3) is 4.93. The maximum atomic E-state index is 12.8. The quantitative estimate of drug-likeness (QED) is 0.704. The van der Waals surface area contributed by atoms with E-state index < -0.39 is 11.9 Å². The Kier molecular flexibility index (Phi) is 7.63. The number of hydrogen-bond acceptors (Lipinski definition) is 4. The Hall–Kier alpha value is -2.34. The number of nitrogens with one attached hydrogen (secondary N) is 1. The van der Waals surface area contributed by atoms with E-state index in [4.69, 9.17) is 16.3 Å². The van der Waals surface area contributed by atoms with E-state index in [-0.39, 0.29) is 37.4 Å². The molecule has 1 aromatic rings. The summed E-state index contributed by atoms with van der Waals surface area (Å²) in [5, 5.41) is 3.33. The van der Waals surface area contributed by atoms with E-state index in [1.54, 1.807) is 32.0 Å². The second-order valence-corrected chi connectivity index (χ2v) is 7.26. The van der Waals surface area contributed by atoms with Gasteiger partial charge < -0.3 is 15.0 Å². The van der Waals surface area contributed by atoms with Crippen LogP contribution in [0.1, 0.15) is 52.0 Å². The Labute approximate surface area is 170 Å². The van der Waals surface area contributed by atoms with Gasteiger partial charge in [0.05, 0.1) is 12.2 Å². The molecule has 0 aliphatic carbocycles. The van der Waals surface area contributed by atoms with Gasteiger partial charge in [-0.15, -0.1) is 0 Å². The van der Waals surface area contributed by atoms with E-state index in [0.717, 1.165) is 6.42 Å². The van der Waals surface area contributed by atoms with Crippen LogP contribution < -0.4 is 5.32 Å². The molecule has 2 amide bonds. The van der Waals surface area contributed by atoms with Gasteiger partial charge in [-0.25, -0.2) is 4.79 Å².